The van der Waals surface area contributed by atoms with E-state index in [4.69, 9.17) is 14.8 Å². The molecule has 2 heterocycles. The van der Waals surface area contributed by atoms with Gasteiger partial charge in [0, 0.05) is 11.1 Å². The van der Waals surface area contributed by atoms with E-state index in [0.717, 1.165) is 33.6 Å². The number of amides is 1. The average molecular weight is 463 g/mol. The summed E-state index contributed by atoms with van der Waals surface area (Å²) in [7, 11) is 1.64. The average Bonchev–Trinajstić information content (AvgIpc) is 3.24. The van der Waals surface area contributed by atoms with Crippen LogP contribution in [-0.4, -0.2) is 27.6 Å². The fourth-order valence-corrected chi connectivity index (χ4v) is 4.33. The Morgan fingerprint density at radius 3 is 2.31 bits per heavy atom. The van der Waals surface area contributed by atoms with E-state index in [9.17, 15) is 4.79 Å². The Morgan fingerprint density at radius 1 is 0.943 bits per heavy atom. The normalized spacial score (nSPS) is 11.9. The van der Waals surface area contributed by atoms with Crippen LogP contribution in [0.2, 0.25) is 0 Å². The van der Waals surface area contributed by atoms with E-state index in [1.165, 1.54) is 0 Å². The molecule has 6 nitrogen and oxygen atoms in total. The summed E-state index contributed by atoms with van der Waals surface area (Å²) in [6, 6.07) is 29.2. The van der Waals surface area contributed by atoms with Gasteiger partial charge < -0.3 is 10.1 Å². The van der Waals surface area contributed by atoms with Gasteiger partial charge in [0.2, 0.25) is 0 Å². The third-order valence-electron chi connectivity index (χ3n) is 6.09. The number of hydrogen-bond donors (Lipinski definition) is 1. The van der Waals surface area contributed by atoms with Gasteiger partial charge in [0.1, 0.15) is 11.4 Å². The first kappa shape index (κ1) is 22.3. The number of ether oxygens (including phenoxy) is 1. The number of para-hydroxylation sites is 1. The van der Waals surface area contributed by atoms with Gasteiger partial charge in [0.25, 0.3) is 5.91 Å². The Kier molecular flexibility index (Phi) is 6.02. The number of hydrogen-bond acceptors (Lipinski definition) is 4. The van der Waals surface area contributed by atoms with Gasteiger partial charge in [-0.3, -0.25) is 4.79 Å². The second-order valence-electron chi connectivity index (χ2n) is 8.39. The smallest absolute Gasteiger partial charge is 0.270 e. The zero-order chi connectivity index (χ0) is 24.4. The lowest BCUT2D eigenvalue weighted by molar-refractivity contribution is 0.0935. The minimum atomic E-state index is -0.252. The van der Waals surface area contributed by atoms with Crippen molar-refractivity contribution in [1.82, 2.24) is 19.9 Å². The topological polar surface area (TPSA) is 68.5 Å². The van der Waals surface area contributed by atoms with E-state index in [0.29, 0.717) is 17.1 Å². The zero-order valence-electron chi connectivity index (χ0n) is 19.9. The minimum Gasteiger partial charge on any atom is -0.496 e. The Balaban J connectivity index is 1.69. The highest BCUT2D eigenvalue weighted by molar-refractivity contribution is 5.95. The maximum absolute atomic E-state index is 13.4. The molecule has 6 heteroatoms. The van der Waals surface area contributed by atoms with Crippen LogP contribution in [0.1, 0.15) is 34.7 Å². The van der Waals surface area contributed by atoms with E-state index < -0.39 is 0 Å². The monoisotopic (exact) mass is 462 g/mol. The molecule has 1 unspecified atom stereocenters. The molecule has 0 spiro atoms. The van der Waals surface area contributed by atoms with Gasteiger partial charge in [-0.1, -0.05) is 72.8 Å². The van der Waals surface area contributed by atoms with Crippen LogP contribution in [0.15, 0.2) is 91.0 Å². The molecule has 5 rings (SSSR count). The predicted octanol–water partition coefficient (Wildman–Crippen LogP) is 5.87. The van der Waals surface area contributed by atoms with Crippen LogP contribution in [0.3, 0.4) is 0 Å². The quantitative estimate of drug-likeness (QED) is 0.343. The highest BCUT2D eigenvalue weighted by Gasteiger charge is 2.22. The van der Waals surface area contributed by atoms with Crippen molar-refractivity contribution in [1.29, 1.82) is 0 Å². The van der Waals surface area contributed by atoms with Crippen molar-refractivity contribution in [2.75, 3.05) is 7.11 Å². The molecular formula is C29H26N4O2. The van der Waals surface area contributed by atoms with Crippen molar-refractivity contribution in [3.8, 4) is 28.1 Å². The number of nitrogens with one attached hydrogen (secondary N) is 1. The Bertz CT molecular complexity index is 1490. The molecule has 0 fully saturated rings. The number of aryl methyl sites for hydroxylation is 1. The number of methoxy groups -OCH3 is 1. The van der Waals surface area contributed by atoms with Crippen molar-refractivity contribution in [2.24, 2.45) is 0 Å². The summed E-state index contributed by atoms with van der Waals surface area (Å²) in [6.07, 6.45) is 0. The highest BCUT2D eigenvalue weighted by atomic mass is 16.5. The molecular weight excluding hydrogens is 436 g/mol. The Labute approximate surface area is 204 Å². The first-order chi connectivity index (χ1) is 17.1. The van der Waals surface area contributed by atoms with Crippen molar-refractivity contribution < 1.29 is 9.53 Å². The summed E-state index contributed by atoms with van der Waals surface area (Å²) in [5.41, 5.74) is 6.24. The van der Waals surface area contributed by atoms with Gasteiger partial charge in [-0.2, -0.15) is 5.10 Å². The van der Waals surface area contributed by atoms with Crippen LogP contribution >= 0.6 is 0 Å². The van der Waals surface area contributed by atoms with Gasteiger partial charge in [-0.25, -0.2) is 9.50 Å². The van der Waals surface area contributed by atoms with Crippen LogP contribution < -0.4 is 10.1 Å². The fraction of sp³-hybridized carbons (Fsp3) is 0.138. The number of nitrogens with zero attached hydrogens (tertiary/aromatic N) is 3. The SMILES string of the molecule is COc1ccccc1-c1cc(C(=O)NC(C)c2ccccc2)nc2c(-c3ccccc3)c(C)nn12. The first-order valence-electron chi connectivity index (χ1n) is 11.5. The second-order valence-corrected chi connectivity index (χ2v) is 8.39. The maximum atomic E-state index is 13.4. The van der Waals surface area contributed by atoms with Crippen LogP contribution in [0.4, 0.5) is 0 Å². The molecule has 5 aromatic rings. The Hall–Kier alpha value is -4.45. The number of rotatable bonds is 6. The highest BCUT2D eigenvalue weighted by Crippen LogP contribution is 2.34. The first-order valence-corrected chi connectivity index (χ1v) is 11.5. The number of carbonyl (C=O) groups is 1. The van der Waals surface area contributed by atoms with Gasteiger partial charge in [-0.05, 0) is 43.2 Å². The van der Waals surface area contributed by atoms with Crippen molar-refractivity contribution in [3.05, 3.63) is 108 Å². The summed E-state index contributed by atoms with van der Waals surface area (Å²) < 4.78 is 7.43. The lowest BCUT2D eigenvalue weighted by atomic mass is 10.1. The molecule has 0 radical (unpaired) electrons. The number of aromatic nitrogens is 3. The summed E-state index contributed by atoms with van der Waals surface area (Å²) in [4.78, 5) is 18.2. The van der Waals surface area contributed by atoms with Crippen LogP contribution in [0.25, 0.3) is 28.0 Å². The molecule has 0 aliphatic rings. The van der Waals surface area contributed by atoms with Crippen molar-refractivity contribution in [2.45, 2.75) is 19.9 Å². The Morgan fingerprint density at radius 2 is 1.60 bits per heavy atom. The molecule has 0 aliphatic carbocycles. The summed E-state index contributed by atoms with van der Waals surface area (Å²) >= 11 is 0. The largest absolute Gasteiger partial charge is 0.496 e. The van der Waals surface area contributed by atoms with E-state index in [1.807, 2.05) is 98.8 Å². The number of carbonyl (C=O) groups excluding carboxylic acids is 1. The zero-order valence-corrected chi connectivity index (χ0v) is 19.9. The lowest BCUT2D eigenvalue weighted by Gasteiger charge is -2.15. The predicted molar refractivity (Wildman–Crippen MR) is 137 cm³/mol. The van der Waals surface area contributed by atoms with Crippen LogP contribution in [0, 0.1) is 6.92 Å². The summed E-state index contributed by atoms with van der Waals surface area (Å²) in [6.45, 7) is 3.92. The fourth-order valence-electron chi connectivity index (χ4n) is 4.33. The summed E-state index contributed by atoms with van der Waals surface area (Å²) in [5.74, 6) is 0.441. The van der Waals surface area contributed by atoms with Gasteiger partial charge in [-0.15, -0.1) is 0 Å². The van der Waals surface area contributed by atoms with E-state index in [-0.39, 0.29) is 11.9 Å². The molecule has 2 aromatic heterocycles. The standard InChI is InChI=1S/C29H26N4O2/c1-19(21-12-6-4-7-13-21)30-29(34)24-18-25(23-16-10-11-17-26(23)35-3)33-28(31-24)27(20(2)32-33)22-14-8-5-9-15-22/h4-19H,1-3H3,(H,30,34). The lowest BCUT2D eigenvalue weighted by Crippen LogP contribution is -2.27. The number of benzene rings is 3. The molecule has 174 valence electrons. The van der Waals surface area contributed by atoms with E-state index in [1.54, 1.807) is 17.7 Å². The molecule has 0 bridgehead atoms. The molecule has 0 saturated carbocycles. The van der Waals surface area contributed by atoms with E-state index in [2.05, 4.69) is 5.32 Å². The molecule has 1 amide bonds. The third-order valence-corrected chi connectivity index (χ3v) is 6.09. The second kappa shape index (κ2) is 9.43. The number of fused-ring (bicyclic) bond motifs is 1. The molecule has 0 saturated heterocycles. The molecule has 1 atom stereocenters. The van der Waals surface area contributed by atoms with E-state index >= 15 is 0 Å². The minimum absolute atomic E-state index is 0.170. The van der Waals surface area contributed by atoms with Gasteiger partial charge in [0.15, 0.2) is 5.65 Å². The third kappa shape index (κ3) is 4.26. The summed E-state index contributed by atoms with van der Waals surface area (Å²) in [5, 5.41) is 7.91. The van der Waals surface area contributed by atoms with Crippen molar-refractivity contribution in [3.63, 3.8) is 0 Å². The molecule has 1 N–H and O–H groups in total. The van der Waals surface area contributed by atoms with Gasteiger partial charge >= 0.3 is 0 Å². The molecule has 3 aromatic carbocycles. The maximum Gasteiger partial charge on any atom is 0.270 e. The molecule has 0 aliphatic heterocycles. The molecule has 35 heavy (non-hydrogen) atoms. The van der Waals surface area contributed by atoms with Crippen LogP contribution in [0.5, 0.6) is 5.75 Å². The van der Waals surface area contributed by atoms with Crippen LogP contribution in [-0.2, 0) is 0 Å². The van der Waals surface area contributed by atoms with Crippen molar-refractivity contribution >= 4 is 11.6 Å². The van der Waals surface area contributed by atoms with Gasteiger partial charge in [0.05, 0.1) is 24.5 Å².